The lowest BCUT2D eigenvalue weighted by atomic mass is 9.99. The molecular formula is C21H30O12. The summed E-state index contributed by atoms with van der Waals surface area (Å²) in [7, 11) is 1.41. The van der Waals surface area contributed by atoms with Crippen molar-refractivity contribution in [3.8, 4) is 11.5 Å². The molecule has 2 heterocycles. The van der Waals surface area contributed by atoms with E-state index in [1.807, 2.05) is 0 Å². The summed E-state index contributed by atoms with van der Waals surface area (Å²) in [6.45, 7) is -1.34. The zero-order valence-electron chi connectivity index (χ0n) is 17.9. The van der Waals surface area contributed by atoms with Gasteiger partial charge in [-0.2, -0.15) is 0 Å². The summed E-state index contributed by atoms with van der Waals surface area (Å²) in [6.07, 6.45) is -9.55. The van der Waals surface area contributed by atoms with Crippen LogP contribution in [0.3, 0.4) is 0 Å². The molecule has 0 unspecified atom stereocenters. The van der Waals surface area contributed by atoms with Gasteiger partial charge in [-0.15, -0.1) is 0 Å². The van der Waals surface area contributed by atoms with Crippen LogP contribution in [0.15, 0.2) is 24.3 Å². The average Bonchev–Trinajstić information content (AvgIpc) is 3.10. The summed E-state index contributed by atoms with van der Waals surface area (Å²) in [6, 6.07) is 4.85. The maximum absolute atomic E-state index is 10.6. The van der Waals surface area contributed by atoms with Gasteiger partial charge in [0, 0.05) is 0 Å². The van der Waals surface area contributed by atoms with Crippen molar-refractivity contribution >= 4 is 6.08 Å². The molecule has 12 nitrogen and oxygen atoms in total. The highest BCUT2D eigenvalue weighted by molar-refractivity contribution is 5.56. The highest BCUT2D eigenvalue weighted by atomic mass is 16.8. The van der Waals surface area contributed by atoms with E-state index in [0.29, 0.717) is 5.56 Å². The summed E-state index contributed by atoms with van der Waals surface area (Å²) >= 11 is 0. The molecule has 186 valence electrons. The molecule has 2 fully saturated rings. The van der Waals surface area contributed by atoms with Gasteiger partial charge in [-0.25, -0.2) is 0 Å². The van der Waals surface area contributed by atoms with Crippen LogP contribution in [0.25, 0.3) is 6.08 Å². The molecule has 0 saturated carbocycles. The summed E-state index contributed by atoms with van der Waals surface area (Å²) < 4.78 is 27.7. The van der Waals surface area contributed by atoms with Crippen molar-refractivity contribution in [2.45, 2.75) is 55.3 Å². The fourth-order valence-electron chi connectivity index (χ4n) is 3.63. The quantitative estimate of drug-likeness (QED) is 0.197. The number of hydrogen-bond acceptors (Lipinski definition) is 12. The second-order valence-corrected chi connectivity index (χ2v) is 7.63. The summed E-state index contributed by atoms with van der Waals surface area (Å²) in [5.74, 6) is 0.463. The Morgan fingerprint density at radius 2 is 1.48 bits per heavy atom. The van der Waals surface area contributed by atoms with Crippen LogP contribution < -0.4 is 9.47 Å². The first-order valence-electron chi connectivity index (χ1n) is 10.4. The molecule has 0 bridgehead atoms. The molecule has 7 N–H and O–H groups in total. The largest absolute Gasteiger partial charge is 0.493 e. The predicted octanol–water partition coefficient (Wildman–Crippen LogP) is -2.66. The standard InChI is InChI=1S/C21H30O12/c1-29-12-7-10(3-2-6-22)4-5-11(12)30-21-19(17(27)15(25)13(8-23)32-21)33-20-18(28)16(26)14(9-24)31-20/h2-5,7,13-28H,6,8-9H2,1H3/t13-,14+,15-,16+,17+,18+,19-,20-,21-/m0/s1. The van der Waals surface area contributed by atoms with Gasteiger partial charge in [0.05, 0.1) is 26.9 Å². The molecule has 0 aromatic heterocycles. The van der Waals surface area contributed by atoms with Crippen molar-refractivity contribution < 1.29 is 59.4 Å². The number of ether oxygens (including phenoxy) is 5. The maximum atomic E-state index is 10.6. The van der Waals surface area contributed by atoms with Crippen molar-refractivity contribution in [3.63, 3.8) is 0 Å². The second kappa shape index (κ2) is 11.5. The van der Waals surface area contributed by atoms with Gasteiger partial charge in [-0.05, 0) is 17.7 Å². The molecule has 0 aliphatic carbocycles. The Morgan fingerprint density at radius 3 is 2.09 bits per heavy atom. The lowest BCUT2D eigenvalue weighted by Crippen LogP contribution is -2.62. The molecule has 33 heavy (non-hydrogen) atoms. The van der Waals surface area contributed by atoms with Crippen LogP contribution in [0.1, 0.15) is 5.56 Å². The minimum atomic E-state index is -1.63. The van der Waals surface area contributed by atoms with E-state index in [2.05, 4.69) is 0 Å². The van der Waals surface area contributed by atoms with Crippen LogP contribution in [0.4, 0.5) is 0 Å². The highest BCUT2D eigenvalue weighted by Crippen LogP contribution is 2.34. The Labute approximate surface area is 189 Å². The third-order valence-electron chi connectivity index (χ3n) is 5.46. The molecule has 2 saturated heterocycles. The molecule has 1 aromatic carbocycles. The number of benzene rings is 1. The second-order valence-electron chi connectivity index (χ2n) is 7.63. The molecule has 0 spiro atoms. The van der Waals surface area contributed by atoms with Gasteiger partial charge in [0.1, 0.15) is 36.6 Å². The van der Waals surface area contributed by atoms with Crippen molar-refractivity contribution in [2.75, 3.05) is 26.9 Å². The Hall–Kier alpha value is -1.84. The molecule has 9 atom stereocenters. The van der Waals surface area contributed by atoms with Gasteiger partial charge >= 0.3 is 0 Å². The lowest BCUT2D eigenvalue weighted by molar-refractivity contribution is -0.320. The van der Waals surface area contributed by atoms with E-state index in [9.17, 15) is 30.6 Å². The smallest absolute Gasteiger partial charge is 0.229 e. The zero-order chi connectivity index (χ0) is 24.1. The summed E-state index contributed by atoms with van der Waals surface area (Å²) in [5.41, 5.74) is 0.709. The van der Waals surface area contributed by atoms with Gasteiger partial charge in [0.2, 0.25) is 6.29 Å². The van der Waals surface area contributed by atoms with Gasteiger partial charge in [0.15, 0.2) is 23.9 Å². The Bertz CT molecular complexity index is 789. The van der Waals surface area contributed by atoms with Gasteiger partial charge < -0.3 is 59.4 Å². The summed E-state index contributed by atoms with van der Waals surface area (Å²) in [4.78, 5) is 0. The predicted molar refractivity (Wildman–Crippen MR) is 110 cm³/mol. The normalized spacial score (nSPS) is 36.9. The van der Waals surface area contributed by atoms with Crippen molar-refractivity contribution in [2.24, 2.45) is 0 Å². The SMILES string of the molecule is COc1cc(C=CCO)ccc1O[C@H]1O[C@@H](CO)[C@H](O)[C@@H](O)[C@@H]1O[C@@H]1O[C@H](CO)[C@@H](O)[C@H]1O. The monoisotopic (exact) mass is 474 g/mol. The minimum absolute atomic E-state index is 0.140. The van der Waals surface area contributed by atoms with E-state index >= 15 is 0 Å². The number of hydrogen-bond donors (Lipinski definition) is 7. The maximum Gasteiger partial charge on any atom is 0.229 e. The Morgan fingerprint density at radius 1 is 0.848 bits per heavy atom. The summed E-state index contributed by atoms with van der Waals surface area (Å²) in [5, 5.41) is 68.8. The van der Waals surface area contributed by atoms with Crippen LogP contribution in [0.2, 0.25) is 0 Å². The number of rotatable bonds is 9. The Balaban J connectivity index is 1.84. The average molecular weight is 474 g/mol. The molecule has 12 heteroatoms. The first kappa shape index (κ1) is 25.8. The van der Waals surface area contributed by atoms with E-state index in [1.165, 1.54) is 13.2 Å². The molecule has 2 aliphatic heterocycles. The van der Waals surface area contributed by atoms with E-state index in [1.54, 1.807) is 24.3 Å². The molecule has 0 radical (unpaired) electrons. The molecule has 3 rings (SSSR count). The van der Waals surface area contributed by atoms with Crippen LogP contribution in [0.5, 0.6) is 11.5 Å². The van der Waals surface area contributed by atoms with E-state index in [-0.39, 0.29) is 18.1 Å². The van der Waals surface area contributed by atoms with Gasteiger partial charge in [-0.1, -0.05) is 18.2 Å². The topological polar surface area (TPSA) is 188 Å². The zero-order valence-corrected chi connectivity index (χ0v) is 17.9. The highest BCUT2D eigenvalue weighted by Gasteiger charge is 2.51. The van der Waals surface area contributed by atoms with Crippen molar-refractivity contribution in [1.82, 2.24) is 0 Å². The van der Waals surface area contributed by atoms with Gasteiger partial charge in [-0.3, -0.25) is 0 Å². The van der Waals surface area contributed by atoms with E-state index < -0.39 is 68.5 Å². The lowest BCUT2D eigenvalue weighted by Gasteiger charge is -2.42. The first-order chi connectivity index (χ1) is 15.8. The fraction of sp³-hybridized carbons (Fsp3) is 0.619. The van der Waals surface area contributed by atoms with Crippen molar-refractivity contribution in [1.29, 1.82) is 0 Å². The van der Waals surface area contributed by atoms with E-state index in [0.717, 1.165) is 0 Å². The number of aliphatic hydroxyl groups is 7. The number of aliphatic hydroxyl groups excluding tert-OH is 7. The van der Waals surface area contributed by atoms with Crippen LogP contribution in [-0.2, 0) is 14.2 Å². The van der Waals surface area contributed by atoms with E-state index in [4.69, 9.17) is 28.8 Å². The molecule has 2 aliphatic rings. The van der Waals surface area contributed by atoms with Crippen LogP contribution in [-0.4, -0.2) is 118 Å². The van der Waals surface area contributed by atoms with Gasteiger partial charge in [0.25, 0.3) is 0 Å². The first-order valence-corrected chi connectivity index (χ1v) is 10.4. The van der Waals surface area contributed by atoms with Crippen LogP contribution in [0, 0.1) is 0 Å². The third kappa shape index (κ3) is 5.63. The fourth-order valence-corrected chi connectivity index (χ4v) is 3.63. The third-order valence-corrected chi connectivity index (χ3v) is 5.46. The van der Waals surface area contributed by atoms with Crippen molar-refractivity contribution in [3.05, 3.63) is 29.8 Å². The molecule has 0 amide bonds. The van der Waals surface area contributed by atoms with Crippen LogP contribution >= 0.6 is 0 Å². The Kier molecular flexibility index (Phi) is 9.01. The minimum Gasteiger partial charge on any atom is -0.493 e. The number of methoxy groups -OCH3 is 1. The molecule has 1 aromatic rings. The molecular weight excluding hydrogens is 444 g/mol.